The Labute approximate surface area is 186 Å². The van der Waals surface area contributed by atoms with E-state index in [-0.39, 0.29) is 24.0 Å². The number of nitrogens with zero attached hydrogens (tertiary/aromatic N) is 2. The smallest absolute Gasteiger partial charge is 0.354 e. The summed E-state index contributed by atoms with van der Waals surface area (Å²) in [6, 6.07) is 12.8. The molecule has 1 aromatic heterocycles. The fourth-order valence-corrected chi connectivity index (χ4v) is 4.00. The summed E-state index contributed by atoms with van der Waals surface area (Å²) in [7, 11) is -4.03. The average molecular weight is 478 g/mol. The molecule has 3 aromatic rings. The number of nitrogens with one attached hydrogen (secondary N) is 4. The minimum absolute atomic E-state index is 0.162. The second kappa shape index (κ2) is 8.58. The number of fused-ring (bicyclic) bond motifs is 1. The van der Waals surface area contributed by atoms with Gasteiger partial charge in [0, 0.05) is 23.3 Å². The van der Waals surface area contributed by atoms with Crippen molar-refractivity contribution in [3.8, 4) is 0 Å². The first-order chi connectivity index (χ1) is 15.6. The Morgan fingerprint density at radius 3 is 2.55 bits per heavy atom. The number of amides is 1. The highest BCUT2D eigenvalue weighted by Crippen LogP contribution is 2.34. The number of alkyl halides is 3. The van der Waals surface area contributed by atoms with E-state index in [0.29, 0.717) is 23.1 Å². The zero-order valence-corrected chi connectivity index (χ0v) is 17.6. The van der Waals surface area contributed by atoms with Crippen molar-refractivity contribution < 1.29 is 26.4 Å². The van der Waals surface area contributed by atoms with Crippen molar-refractivity contribution in [3.05, 3.63) is 65.9 Å². The van der Waals surface area contributed by atoms with Crippen LogP contribution in [0.15, 0.2) is 54.7 Å². The molecule has 1 aliphatic rings. The van der Waals surface area contributed by atoms with Crippen LogP contribution < -0.4 is 20.7 Å². The fraction of sp³-hybridized carbons (Fsp3) is 0.150. The lowest BCUT2D eigenvalue weighted by molar-refractivity contribution is -0.137. The lowest BCUT2D eigenvalue weighted by Crippen LogP contribution is -2.24. The van der Waals surface area contributed by atoms with E-state index in [9.17, 15) is 26.4 Å². The lowest BCUT2D eigenvalue weighted by Gasteiger charge is -2.15. The highest BCUT2D eigenvalue weighted by atomic mass is 32.2. The van der Waals surface area contributed by atoms with Gasteiger partial charge in [0.2, 0.25) is 11.9 Å². The minimum atomic E-state index is -4.81. The zero-order chi connectivity index (χ0) is 23.6. The largest absolute Gasteiger partial charge is 0.421 e. The first kappa shape index (κ1) is 22.3. The highest BCUT2D eigenvalue weighted by Gasteiger charge is 2.35. The second-order valence-corrected chi connectivity index (χ2v) is 8.80. The number of para-hydroxylation sites is 1. The maximum absolute atomic E-state index is 13.4. The predicted molar refractivity (Wildman–Crippen MR) is 117 cm³/mol. The Kier molecular flexibility index (Phi) is 5.80. The van der Waals surface area contributed by atoms with Crippen molar-refractivity contribution in [2.45, 2.75) is 12.6 Å². The third-order valence-electron chi connectivity index (χ3n) is 4.56. The summed E-state index contributed by atoms with van der Waals surface area (Å²) in [5, 5.41) is 7.68. The van der Waals surface area contributed by atoms with Crippen molar-refractivity contribution in [2.75, 3.05) is 26.5 Å². The van der Waals surface area contributed by atoms with Crippen LogP contribution in [-0.2, 0) is 27.4 Å². The summed E-state index contributed by atoms with van der Waals surface area (Å²) < 4.78 is 67.1. The fourth-order valence-electron chi connectivity index (χ4n) is 3.11. The molecule has 4 rings (SSSR count). The Balaban J connectivity index is 1.54. The van der Waals surface area contributed by atoms with Crippen molar-refractivity contribution in [1.82, 2.24) is 9.97 Å². The van der Waals surface area contributed by atoms with Gasteiger partial charge in [-0.3, -0.25) is 9.52 Å². The first-order valence-electron chi connectivity index (χ1n) is 9.52. The van der Waals surface area contributed by atoms with E-state index in [1.54, 1.807) is 36.4 Å². The number of hydrogen-bond acceptors (Lipinski definition) is 7. The number of anilines is 5. The molecule has 0 saturated carbocycles. The molecule has 0 unspecified atom stereocenters. The number of carbonyl (C=O) groups is 1. The molecule has 1 amide bonds. The van der Waals surface area contributed by atoms with Crippen molar-refractivity contribution in [2.24, 2.45) is 0 Å². The van der Waals surface area contributed by atoms with Gasteiger partial charge in [0.05, 0.1) is 6.42 Å². The van der Waals surface area contributed by atoms with Crippen molar-refractivity contribution in [3.63, 3.8) is 0 Å². The zero-order valence-electron chi connectivity index (χ0n) is 16.8. The van der Waals surface area contributed by atoms with Crippen molar-refractivity contribution in [1.29, 1.82) is 0 Å². The third kappa shape index (κ3) is 5.49. The topological polar surface area (TPSA) is 125 Å². The number of sulfonamides is 1. The molecule has 0 saturated heterocycles. The molecule has 0 atom stereocenters. The van der Waals surface area contributed by atoms with Gasteiger partial charge in [0.25, 0.3) is 10.0 Å². The molecule has 33 heavy (non-hydrogen) atoms. The number of rotatable bonds is 7. The van der Waals surface area contributed by atoms with E-state index in [2.05, 4.69) is 30.6 Å². The summed E-state index contributed by atoms with van der Waals surface area (Å²) in [4.78, 5) is 19.0. The number of benzene rings is 2. The summed E-state index contributed by atoms with van der Waals surface area (Å²) in [6.45, 7) is 0. The Bertz CT molecular complexity index is 1300. The lowest BCUT2D eigenvalue weighted by atomic mass is 10.1. The van der Waals surface area contributed by atoms with Crippen LogP contribution in [0.3, 0.4) is 0 Å². The molecule has 9 nitrogen and oxygen atoms in total. The average Bonchev–Trinajstić information content (AvgIpc) is 3.11. The van der Waals surface area contributed by atoms with Crippen LogP contribution in [-0.4, -0.2) is 30.2 Å². The molecule has 13 heteroatoms. The van der Waals surface area contributed by atoms with E-state index < -0.39 is 33.5 Å². The normalized spacial score (nSPS) is 13.2. The van der Waals surface area contributed by atoms with Gasteiger partial charge in [-0.15, -0.1) is 0 Å². The van der Waals surface area contributed by atoms with Crippen LogP contribution >= 0.6 is 0 Å². The maximum atomic E-state index is 13.4. The van der Waals surface area contributed by atoms with E-state index in [4.69, 9.17) is 0 Å². The Hall–Kier alpha value is -3.87. The minimum Gasteiger partial charge on any atom is -0.354 e. The third-order valence-corrected chi connectivity index (χ3v) is 5.63. The van der Waals surface area contributed by atoms with Crippen LogP contribution in [0.1, 0.15) is 11.1 Å². The molecular weight excluding hydrogens is 461 g/mol. The van der Waals surface area contributed by atoms with E-state index in [0.717, 1.165) is 0 Å². The molecule has 0 spiro atoms. The summed E-state index contributed by atoms with van der Waals surface area (Å²) in [6.07, 6.45) is -4.07. The molecule has 0 aliphatic carbocycles. The molecule has 2 aromatic carbocycles. The molecule has 0 fully saturated rings. The number of halogens is 3. The van der Waals surface area contributed by atoms with Crippen LogP contribution in [0.25, 0.3) is 0 Å². The number of carbonyl (C=O) groups excluding carboxylic acids is 1. The molecule has 1 aliphatic heterocycles. The van der Waals surface area contributed by atoms with Gasteiger partial charge < -0.3 is 16.0 Å². The monoisotopic (exact) mass is 478 g/mol. The summed E-state index contributed by atoms with van der Waals surface area (Å²) in [5.74, 6) is -1.90. The summed E-state index contributed by atoms with van der Waals surface area (Å²) in [5.41, 5.74) is 0.872. The molecule has 172 valence electrons. The van der Waals surface area contributed by atoms with Gasteiger partial charge in [0.1, 0.15) is 17.3 Å². The first-order valence-corrected chi connectivity index (χ1v) is 11.2. The summed E-state index contributed by atoms with van der Waals surface area (Å²) >= 11 is 0. The quantitative estimate of drug-likeness (QED) is 0.409. The number of hydrogen-bond donors (Lipinski definition) is 4. The van der Waals surface area contributed by atoms with Gasteiger partial charge in [-0.25, -0.2) is 13.4 Å². The maximum Gasteiger partial charge on any atom is 0.421 e. The van der Waals surface area contributed by atoms with E-state index >= 15 is 0 Å². The molecule has 0 radical (unpaired) electrons. The Morgan fingerprint density at radius 2 is 1.82 bits per heavy atom. The Morgan fingerprint density at radius 1 is 1.06 bits per heavy atom. The van der Waals surface area contributed by atoms with Crippen LogP contribution in [0, 0.1) is 0 Å². The van der Waals surface area contributed by atoms with Crippen LogP contribution in [0.5, 0.6) is 0 Å². The number of aromatic nitrogens is 2. The second-order valence-electron chi connectivity index (χ2n) is 7.08. The molecule has 4 N–H and O–H groups in total. The highest BCUT2D eigenvalue weighted by molar-refractivity contribution is 7.92. The van der Waals surface area contributed by atoms with Gasteiger partial charge in [-0.2, -0.15) is 18.2 Å². The molecule has 2 heterocycles. The molecular formula is C20H17F3N6O3S. The van der Waals surface area contributed by atoms with E-state index in [1.165, 1.54) is 12.1 Å². The van der Waals surface area contributed by atoms with Crippen molar-refractivity contribution >= 4 is 44.8 Å². The predicted octanol–water partition coefficient (Wildman–Crippen LogP) is 3.54. The van der Waals surface area contributed by atoms with Gasteiger partial charge in [0.15, 0.2) is 0 Å². The van der Waals surface area contributed by atoms with Gasteiger partial charge >= 0.3 is 6.18 Å². The SMILES string of the molecule is O=C1Cc2cc(Nc3ncc(C(F)(F)F)c(NCS(=O)(=O)Nc4ccccc4)n3)ccc2N1. The van der Waals surface area contributed by atoms with Gasteiger partial charge in [-0.05, 0) is 35.9 Å². The molecule has 0 bridgehead atoms. The van der Waals surface area contributed by atoms with E-state index in [1.807, 2.05) is 0 Å². The standard InChI is InChI=1S/C20H17F3N6O3S/c21-20(22,23)15-10-24-19(26-14-6-7-16-12(8-14)9-17(30)27-16)28-18(15)25-11-33(31,32)29-13-4-2-1-3-5-13/h1-8,10,29H,9,11H2,(H,27,30)(H2,24,25,26,28). The van der Waals surface area contributed by atoms with Gasteiger partial charge in [-0.1, -0.05) is 18.2 Å². The van der Waals surface area contributed by atoms with Crippen LogP contribution in [0.4, 0.5) is 42.0 Å². The van der Waals surface area contributed by atoms with Crippen LogP contribution in [0.2, 0.25) is 0 Å².